The largest absolute Gasteiger partial charge is 0.465 e. The summed E-state index contributed by atoms with van der Waals surface area (Å²) in [5.41, 5.74) is -0.929. The molecule has 0 atom stereocenters. The van der Waals surface area contributed by atoms with Crippen LogP contribution in [-0.4, -0.2) is 44.0 Å². The lowest BCUT2D eigenvalue weighted by Gasteiger charge is -2.36. The highest BCUT2D eigenvalue weighted by molar-refractivity contribution is 7.90. The standard InChI is InChI=1S/C9H17NO5S/c1-2-15-8(11)6-16(13,14)10-7-9(12)4-3-5-9/h10,12H,2-7H2,1H3. The molecule has 0 saturated heterocycles. The molecule has 1 aliphatic carbocycles. The lowest BCUT2D eigenvalue weighted by atomic mass is 9.81. The molecular weight excluding hydrogens is 234 g/mol. The van der Waals surface area contributed by atoms with Gasteiger partial charge in [0.05, 0.1) is 12.2 Å². The first-order valence-electron chi connectivity index (χ1n) is 5.22. The molecule has 1 fully saturated rings. The first-order chi connectivity index (χ1) is 7.37. The number of rotatable bonds is 6. The van der Waals surface area contributed by atoms with Crippen LogP contribution in [0, 0.1) is 0 Å². The Labute approximate surface area is 95.0 Å². The predicted octanol–water partition coefficient (Wildman–Crippen LogP) is -0.616. The maximum Gasteiger partial charge on any atom is 0.322 e. The fourth-order valence-corrected chi connectivity index (χ4v) is 2.40. The predicted molar refractivity (Wildman–Crippen MR) is 57.2 cm³/mol. The van der Waals surface area contributed by atoms with Crippen LogP contribution in [0.3, 0.4) is 0 Å². The van der Waals surface area contributed by atoms with E-state index in [2.05, 4.69) is 9.46 Å². The topological polar surface area (TPSA) is 92.7 Å². The summed E-state index contributed by atoms with van der Waals surface area (Å²) >= 11 is 0. The van der Waals surface area contributed by atoms with Gasteiger partial charge in [-0.15, -0.1) is 0 Å². The Morgan fingerprint density at radius 2 is 2.12 bits per heavy atom. The molecule has 94 valence electrons. The van der Waals surface area contributed by atoms with Crippen LogP contribution in [-0.2, 0) is 19.6 Å². The smallest absolute Gasteiger partial charge is 0.322 e. The molecule has 0 unspecified atom stereocenters. The van der Waals surface area contributed by atoms with Gasteiger partial charge in [-0.25, -0.2) is 13.1 Å². The van der Waals surface area contributed by atoms with E-state index in [0.29, 0.717) is 12.8 Å². The van der Waals surface area contributed by atoms with Gasteiger partial charge in [0.15, 0.2) is 5.75 Å². The van der Waals surface area contributed by atoms with Crippen molar-refractivity contribution in [2.24, 2.45) is 0 Å². The van der Waals surface area contributed by atoms with E-state index >= 15 is 0 Å². The van der Waals surface area contributed by atoms with Gasteiger partial charge in [0.25, 0.3) is 0 Å². The van der Waals surface area contributed by atoms with Crippen molar-refractivity contribution in [1.82, 2.24) is 4.72 Å². The molecule has 1 saturated carbocycles. The number of carbonyl (C=O) groups is 1. The summed E-state index contributed by atoms with van der Waals surface area (Å²) in [5, 5.41) is 9.67. The maximum absolute atomic E-state index is 11.4. The van der Waals surface area contributed by atoms with Gasteiger partial charge in [-0.1, -0.05) is 0 Å². The zero-order chi connectivity index (χ0) is 12.2. The Bertz CT molecular complexity index is 347. The number of esters is 1. The van der Waals surface area contributed by atoms with Gasteiger partial charge in [0, 0.05) is 6.54 Å². The van der Waals surface area contributed by atoms with Crippen molar-refractivity contribution >= 4 is 16.0 Å². The molecule has 16 heavy (non-hydrogen) atoms. The van der Waals surface area contributed by atoms with Crippen molar-refractivity contribution in [2.75, 3.05) is 18.9 Å². The van der Waals surface area contributed by atoms with Crippen molar-refractivity contribution in [3.63, 3.8) is 0 Å². The zero-order valence-electron chi connectivity index (χ0n) is 9.23. The Morgan fingerprint density at radius 3 is 2.56 bits per heavy atom. The number of hydrogen-bond donors (Lipinski definition) is 2. The number of ether oxygens (including phenoxy) is 1. The minimum absolute atomic E-state index is 0.0330. The van der Waals surface area contributed by atoms with Crippen LogP contribution in [0.15, 0.2) is 0 Å². The van der Waals surface area contributed by atoms with E-state index in [1.54, 1.807) is 6.92 Å². The Hall–Kier alpha value is -0.660. The van der Waals surface area contributed by atoms with Crippen molar-refractivity contribution < 1.29 is 23.1 Å². The molecule has 6 nitrogen and oxygen atoms in total. The van der Waals surface area contributed by atoms with Gasteiger partial charge in [0.2, 0.25) is 10.0 Å². The van der Waals surface area contributed by atoms with Gasteiger partial charge in [-0.2, -0.15) is 0 Å². The first kappa shape index (κ1) is 13.4. The van der Waals surface area contributed by atoms with E-state index in [9.17, 15) is 18.3 Å². The van der Waals surface area contributed by atoms with E-state index in [-0.39, 0.29) is 13.2 Å². The van der Waals surface area contributed by atoms with Gasteiger partial charge in [-0.3, -0.25) is 4.79 Å². The second-order valence-electron chi connectivity index (χ2n) is 3.96. The molecular formula is C9H17NO5S. The highest BCUT2D eigenvalue weighted by atomic mass is 32.2. The molecule has 0 heterocycles. The van der Waals surface area contributed by atoms with E-state index in [1.165, 1.54) is 0 Å². The average molecular weight is 251 g/mol. The molecule has 0 spiro atoms. The number of sulfonamides is 1. The molecule has 0 aliphatic heterocycles. The third kappa shape index (κ3) is 4.07. The summed E-state index contributed by atoms with van der Waals surface area (Å²) in [6.07, 6.45) is 2.08. The third-order valence-electron chi connectivity index (χ3n) is 2.52. The van der Waals surface area contributed by atoms with Crippen LogP contribution in [0.1, 0.15) is 26.2 Å². The summed E-state index contributed by atoms with van der Waals surface area (Å²) in [6, 6.07) is 0. The second-order valence-corrected chi connectivity index (χ2v) is 5.77. The molecule has 0 aromatic heterocycles. The average Bonchev–Trinajstić information content (AvgIpc) is 2.11. The summed E-state index contributed by atoms with van der Waals surface area (Å²) < 4.78 is 29.5. The van der Waals surface area contributed by atoms with E-state index in [1.807, 2.05) is 0 Å². The van der Waals surface area contributed by atoms with Crippen molar-refractivity contribution in [3.05, 3.63) is 0 Å². The van der Waals surface area contributed by atoms with E-state index < -0.39 is 27.3 Å². The minimum Gasteiger partial charge on any atom is -0.465 e. The summed E-state index contributed by atoms with van der Waals surface area (Å²) in [4.78, 5) is 11.0. The second kappa shape index (κ2) is 5.11. The van der Waals surface area contributed by atoms with Crippen molar-refractivity contribution in [1.29, 1.82) is 0 Å². The van der Waals surface area contributed by atoms with Crippen LogP contribution in [0.2, 0.25) is 0 Å². The van der Waals surface area contributed by atoms with E-state index in [4.69, 9.17) is 0 Å². The molecule has 0 radical (unpaired) electrons. The molecule has 0 amide bonds. The monoisotopic (exact) mass is 251 g/mol. The quantitative estimate of drug-likeness (QED) is 0.614. The fraction of sp³-hybridized carbons (Fsp3) is 0.889. The zero-order valence-corrected chi connectivity index (χ0v) is 10.0. The van der Waals surface area contributed by atoms with Crippen molar-refractivity contribution in [2.45, 2.75) is 31.8 Å². The SMILES string of the molecule is CCOC(=O)CS(=O)(=O)NCC1(O)CCC1. The van der Waals surface area contributed by atoms with Gasteiger partial charge < -0.3 is 9.84 Å². The Morgan fingerprint density at radius 1 is 1.50 bits per heavy atom. The molecule has 2 N–H and O–H groups in total. The molecule has 0 aromatic carbocycles. The maximum atomic E-state index is 11.4. The number of aliphatic hydroxyl groups is 1. The van der Waals surface area contributed by atoms with Crippen LogP contribution >= 0.6 is 0 Å². The van der Waals surface area contributed by atoms with Gasteiger partial charge in [0.1, 0.15) is 0 Å². The van der Waals surface area contributed by atoms with Gasteiger partial charge in [-0.05, 0) is 26.2 Å². The lowest BCUT2D eigenvalue weighted by molar-refractivity contribution is -0.140. The third-order valence-corrected chi connectivity index (χ3v) is 3.72. The van der Waals surface area contributed by atoms with Crippen LogP contribution in [0.25, 0.3) is 0 Å². The highest BCUT2D eigenvalue weighted by Gasteiger charge is 2.35. The molecule has 7 heteroatoms. The number of nitrogens with one attached hydrogen (secondary N) is 1. The lowest BCUT2D eigenvalue weighted by Crippen LogP contribution is -2.48. The fourth-order valence-electron chi connectivity index (χ4n) is 1.41. The molecule has 1 aliphatic rings. The first-order valence-corrected chi connectivity index (χ1v) is 6.87. The molecule has 0 aromatic rings. The molecule has 0 bridgehead atoms. The highest BCUT2D eigenvalue weighted by Crippen LogP contribution is 2.30. The summed E-state index contributed by atoms with van der Waals surface area (Å²) in [6.45, 7) is 1.72. The van der Waals surface area contributed by atoms with Crippen LogP contribution in [0.5, 0.6) is 0 Å². The van der Waals surface area contributed by atoms with Gasteiger partial charge >= 0.3 is 5.97 Å². The Balaban J connectivity index is 2.36. The Kier molecular flexibility index (Phi) is 4.28. The van der Waals surface area contributed by atoms with Crippen LogP contribution < -0.4 is 4.72 Å². The van der Waals surface area contributed by atoms with Crippen LogP contribution in [0.4, 0.5) is 0 Å². The normalized spacial score (nSPS) is 18.9. The minimum atomic E-state index is -3.70. The summed E-state index contributed by atoms with van der Waals surface area (Å²) in [5.74, 6) is -1.48. The molecule has 1 rings (SSSR count). The van der Waals surface area contributed by atoms with E-state index in [0.717, 1.165) is 6.42 Å². The number of hydrogen-bond acceptors (Lipinski definition) is 5. The summed E-state index contributed by atoms with van der Waals surface area (Å²) in [7, 11) is -3.70. The number of carbonyl (C=O) groups excluding carboxylic acids is 1. The van der Waals surface area contributed by atoms with Crippen molar-refractivity contribution in [3.8, 4) is 0 Å².